The Balaban J connectivity index is 0.980. The first-order valence-electron chi connectivity index (χ1n) is 20.6. The highest BCUT2D eigenvalue weighted by molar-refractivity contribution is 7.14. The molecule has 2 fully saturated rings. The molecule has 1 unspecified atom stereocenters. The van der Waals surface area contributed by atoms with Crippen LogP contribution in [0.4, 0.5) is 48.8 Å². The number of halogens is 6. The van der Waals surface area contributed by atoms with Gasteiger partial charge in [0.05, 0.1) is 84.2 Å². The number of pyridine rings is 1. The van der Waals surface area contributed by atoms with Crippen molar-refractivity contribution in [3.05, 3.63) is 131 Å². The lowest BCUT2D eigenvalue weighted by Crippen LogP contribution is -2.40. The molecule has 8 heterocycles. The Bertz CT molecular complexity index is 3150. The maximum atomic E-state index is 14.2. The SMILES string of the molecule is O=C(Nc1ccncc1)c1cc(N2CCOCC2c2csc(NC(=O)c3cc(N4CCOCC4)nn4cc(-c5cccc(C(F)(F)F)c5)nc34)n2)nn2cc(-c3ccccc3C(F)(F)F)nc12. The van der Waals surface area contributed by atoms with E-state index in [0.29, 0.717) is 43.5 Å². The zero-order valence-corrected chi connectivity index (χ0v) is 35.4. The summed E-state index contributed by atoms with van der Waals surface area (Å²) >= 11 is 1.12. The largest absolute Gasteiger partial charge is 0.417 e. The molecule has 2 N–H and O–H groups in total. The summed E-state index contributed by atoms with van der Waals surface area (Å²) in [4.78, 5) is 49.8. The number of nitrogens with zero attached hydrogens (tertiary/aromatic N) is 10. The number of thiazole rings is 1. The Labute approximate surface area is 378 Å². The zero-order valence-electron chi connectivity index (χ0n) is 34.6. The van der Waals surface area contributed by atoms with Crippen molar-refractivity contribution in [1.82, 2.24) is 39.2 Å². The lowest BCUT2D eigenvalue weighted by molar-refractivity contribution is -0.138. The Morgan fingerprint density at radius 2 is 1.37 bits per heavy atom. The molecule has 8 aromatic rings. The van der Waals surface area contributed by atoms with Crippen LogP contribution >= 0.6 is 11.3 Å². The summed E-state index contributed by atoms with van der Waals surface area (Å²) in [5, 5.41) is 17.0. The van der Waals surface area contributed by atoms with Crippen LogP contribution in [0.3, 0.4) is 0 Å². The second kappa shape index (κ2) is 17.4. The van der Waals surface area contributed by atoms with E-state index in [9.17, 15) is 35.9 Å². The van der Waals surface area contributed by atoms with Crippen LogP contribution in [0.2, 0.25) is 0 Å². The van der Waals surface area contributed by atoms with Crippen molar-refractivity contribution in [3.63, 3.8) is 0 Å². The molecule has 6 aromatic heterocycles. The minimum atomic E-state index is -4.69. The van der Waals surface area contributed by atoms with Crippen LogP contribution < -0.4 is 20.4 Å². The molecule has 23 heteroatoms. The van der Waals surface area contributed by atoms with Crippen LogP contribution in [0.1, 0.15) is 43.6 Å². The van der Waals surface area contributed by atoms with Crippen molar-refractivity contribution in [1.29, 1.82) is 0 Å². The van der Waals surface area contributed by atoms with Gasteiger partial charge in [0.25, 0.3) is 11.8 Å². The highest BCUT2D eigenvalue weighted by atomic mass is 32.1. The Hall–Kier alpha value is -7.50. The maximum absolute atomic E-state index is 14.2. The fourth-order valence-electron chi connectivity index (χ4n) is 7.84. The van der Waals surface area contributed by atoms with Crippen LogP contribution in [0, 0.1) is 0 Å². The predicted molar refractivity (Wildman–Crippen MR) is 233 cm³/mol. The molecule has 67 heavy (non-hydrogen) atoms. The van der Waals surface area contributed by atoms with E-state index in [1.807, 2.05) is 9.80 Å². The zero-order chi connectivity index (χ0) is 46.5. The van der Waals surface area contributed by atoms with Crippen LogP contribution in [0.25, 0.3) is 33.8 Å². The third kappa shape index (κ3) is 8.82. The highest BCUT2D eigenvalue weighted by Crippen LogP contribution is 2.38. The number of hydrogen-bond acceptors (Lipinski definition) is 13. The minimum Gasteiger partial charge on any atom is -0.378 e. The number of rotatable bonds is 9. The Kier molecular flexibility index (Phi) is 11.3. The quantitative estimate of drug-likeness (QED) is 0.134. The van der Waals surface area contributed by atoms with Crippen molar-refractivity contribution < 1.29 is 45.4 Å². The average Bonchev–Trinajstić information content (AvgIpc) is 4.10. The predicted octanol–water partition coefficient (Wildman–Crippen LogP) is 7.91. The number of anilines is 4. The molecular formula is C44H34F6N12O4S. The van der Waals surface area contributed by atoms with Crippen molar-refractivity contribution in [3.8, 4) is 22.5 Å². The van der Waals surface area contributed by atoms with E-state index < -0.39 is 41.3 Å². The third-order valence-electron chi connectivity index (χ3n) is 11.1. The summed E-state index contributed by atoms with van der Waals surface area (Å²) in [7, 11) is 0. The molecule has 0 spiro atoms. The molecule has 0 bridgehead atoms. The van der Waals surface area contributed by atoms with E-state index in [-0.39, 0.29) is 75.6 Å². The summed E-state index contributed by atoms with van der Waals surface area (Å²) in [5.74, 6) is -0.526. The van der Waals surface area contributed by atoms with Crippen molar-refractivity contribution in [2.45, 2.75) is 18.4 Å². The fourth-order valence-corrected chi connectivity index (χ4v) is 8.60. The number of carbonyl (C=O) groups is 2. The lowest BCUT2D eigenvalue weighted by atomic mass is 10.1. The normalized spacial score (nSPS) is 15.9. The topological polar surface area (TPSA) is 169 Å². The first kappa shape index (κ1) is 43.4. The number of fused-ring (bicyclic) bond motifs is 2. The minimum absolute atomic E-state index is 0.00664. The fraction of sp³-hybridized carbons (Fsp3) is 0.227. The number of ether oxygens (including phenoxy) is 2. The maximum Gasteiger partial charge on any atom is 0.417 e. The van der Waals surface area contributed by atoms with E-state index >= 15 is 0 Å². The number of imidazole rings is 2. The molecule has 10 rings (SSSR count). The second-order valence-electron chi connectivity index (χ2n) is 15.3. The van der Waals surface area contributed by atoms with E-state index in [1.54, 1.807) is 23.6 Å². The van der Waals surface area contributed by atoms with Gasteiger partial charge in [-0.15, -0.1) is 21.5 Å². The molecular weight excluding hydrogens is 907 g/mol. The number of nitrogens with one attached hydrogen (secondary N) is 2. The standard InChI is InChI=1S/C44H34F6N12O4S/c45-43(46,47)26-5-3-4-25(18-26)32-21-61-38(53-32)29(19-36(57-61)59-12-15-65-16-13-59)41(64)56-42-55-34(24-67-42)35-23-66-17-14-60(35)37-20-30(40(63)52-27-8-10-51-11-9-27)39-54-33(22-62(39)58-37)28-6-1-2-7-31(28)44(48,49)50/h1-11,18-22,24,35H,12-17,23H2,(H,51,52,63)(H,55,56,64). The van der Waals surface area contributed by atoms with Crippen molar-refractivity contribution >= 4 is 56.9 Å². The summed E-state index contributed by atoms with van der Waals surface area (Å²) in [5.41, 5.74) is -0.569. The van der Waals surface area contributed by atoms with E-state index in [2.05, 4.69) is 30.7 Å². The van der Waals surface area contributed by atoms with Gasteiger partial charge in [-0.25, -0.2) is 24.0 Å². The molecule has 0 aliphatic carbocycles. The van der Waals surface area contributed by atoms with E-state index in [0.717, 1.165) is 29.5 Å². The number of alkyl halides is 6. The van der Waals surface area contributed by atoms with Gasteiger partial charge in [-0.2, -0.15) is 26.3 Å². The van der Waals surface area contributed by atoms with Gasteiger partial charge in [-0.1, -0.05) is 30.3 Å². The molecule has 2 aliphatic rings. The highest BCUT2D eigenvalue weighted by Gasteiger charge is 2.35. The number of carbonyl (C=O) groups excluding carboxylic acids is 2. The molecule has 2 aliphatic heterocycles. The molecule has 16 nitrogen and oxygen atoms in total. The molecule has 2 aromatic carbocycles. The van der Waals surface area contributed by atoms with E-state index in [4.69, 9.17) is 19.6 Å². The van der Waals surface area contributed by atoms with Crippen LogP contribution in [-0.4, -0.2) is 97.0 Å². The van der Waals surface area contributed by atoms with Crippen LogP contribution in [0.15, 0.2) is 103 Å². The number of benzene rings is 2. The summed E-state index contributed by atoms with van der Waals surface area (Å²) in [6.07, 6.45) is -3.48. The molecule has 2 saturated heterocycles. The monoisotopic (exact) mass is 940 g/mol. The van der Waals surface area contributed by atoms with Crippen LogP contribution in [-0.2, 0) is 21.8 Å². The van der Waals surface area contributed by atoms with Crippen molar-refractivity contribution in [2.24, 2.45) is 0 Å². The van der Waals surface area contributed by atoms with Gasteiger partial charge in [-0.3, -0.25) is 19.9 Å². The first-order chi connectivity index (χ1) is 32.3. The van der Waals surface area contributed by atoms with Gasteiger partial charge < -0.3 is 24.6 Å². The smallest absolute Gasteiger partial charge is 0.378 e. The number of amides is 2. The summed E-state index contributed by atoms with van der Waals surface area (Å²) in [6.45, 7) is 2.45. The molecule has 1 atom stereocenters. The van der Waals surface area contributed by atoms with Gasteiger partial charge in [0, 0.05) is 54.2 Å². The molecule has 0 saturated carbocycles. The van der Waals surface area contributed by atoms with Gasteiger partial charge in [0.15, 0.2) is 28.1 Å². The number of hydrogen-bond donors (Lipinski definition) is 2. The lowest BCUT2D eigenvalue weighted by Gasteiger charge is -2.35. The summed E-state index contributed by atoms with van der Waals surface area (Å²) in [6, 6.07) is 15.3. The molecule has 342 valence electrons. The first-order valence-corrected chi connectivity index (χ1v) is 21.4. The Morgan fingerprint density at radius 1 is 0.701 bits per heavy atom. The van der Waals surface area contributed by atoms with E-state index in [1.165, 1.54) is 70.2 Å². The third-order valence-corrected chi connectivity index (χ3v) is 11.9. The van der Waals surface area contributed by atoms with Crippen molar-refractivity contribution in [2.75, 3.05) is 66.5 Å². The molecule has 0 radical (unpaired) electrons. The summed E-state index contributed by atoms with van der Waals surface area (Å²) < 4.78 is 97.4. The van der Waals surface area contributed by atoms with Crippen LogP contribution in [0.5, 0.6) is 0 Å². The van der Waals surface area contributed by atoms with Gasteiger partial charge in [-0.05, 0) is 42.5 Å². The average molecular weight is 941 g/mol. The molecule has 2 amide bonds. The van der Waals surface area contributed by atoms with Gasteiger partial charge in [0.1, 0.15) is 0 Å². The Morgan fingerprint density at radius 3 is 2.12 bits per heavy atom. The number of aromatic nitrogens is 8. The second-order valence-corrected chi connectivity index (χ2v) is 16.2. The number of morpholine rings is 2. The van der Waals surface area contributed by atoms with Gasteiger partial charge >= 0.3 is 12.4 Å². The van der Waals surface area contributed by atoms with Gasteiger partial charge in [0.2, 0.25) is 0 Å².